The number of amides is 3. The van der Waals surface area contributed by atoms with Crippen LogP contribution in [0.4, 0.5) is 10.5 Å². The number of carbonyl (C=O) groups excluding carboxylic acids is 3. The van der Waals surface area contributed by atoms with Crippen molar-refractivity contribution in [2.24, 2.45) is 0 Å². The summed E-state index contributed by atoms with van der Waals surface area (Å²) in [4.78, 5) is 48.3. The minimum Gasteiger partial charge on any atom is -0.444 e. The molecule has 60 heavy (non-hydrogen) atoms. The first-order valence-electron chi connectivity index (χ1n) is 21.2. The molecular weight excluding hydrogens is 757 g/mol. The highest BCUT2D eigenvalue weighted by Crippen LogP contribution is 2.31. The molecule has 316 valence electrons. The van der Waals surface area contributed by atoms with E-state index in [2.05, 4.69) is 76.2 Å². The average molecular weight is 815 g/mol. The molecule has 5 aromatic rings. The van der Waals surface area contributed by atoms with Crippen molar-refractivity contribution in [3.8, 4) is 11.1 Å². The highest BCUT2D eigenvalue weighted by atomic mass is 16.6. The van der Waals surface area contributed by atoms with E-state index >= 15 is 0 Å². The number of anilines is 1. The number of hydrogen-bond acceptors (Lipinski definition) is 9. The Bertz CT molecular complexity index is 2290. The van der Waals surface area contributed by atoms with E-state index in [-0.39, 0.29) is 23.9 Å². The second kappa shape index (κ2) is 19.1. The van der Waals surface area contributed by atoms with Gasteiger partial charge in [-0.05, 0) is 106 Å². The molecule has 0 unspecified atom stereocenters. The first-order chi connectivity index (χ1) is 29.0. The molecule has 2 aliphatic heterocycles. The second-order valence-electron chi connectivity index (χ2n) is 16.6. The van der Waals surface area contributed by atoms with Gasteiger partial charge >= 0.3 is 6.09 Å². The fourth-order valence-corrected chi connectivity index (χ4v) is 7.81. The van der Waals surface area contributed by atoms with E-state index in [1.165, 1.54) is 5.56 Å². The maximum atomic E-state index is 13.5. The smallest absolute Gasteiger partial charge is 0.410 e. The molecule has 3 N–H and O–H groups in total. The number of rotatable bonds is 13. The van der Waals surface area contributed by atoms with Crippen LogP contribution in [-0.4, -0.2) is 93.5 Å². The SMILES string of the molecule is CCc1nc2c(cnn2CC)c(NC2CCOCC2)c1CNC(=O)c1ccc(C(=O)NCc2cccc(-c3cccc(CN4CCN(C(=O)OC(C)(C)C)CC4)c3)c2)cc1. The van der Waals surface area contributed by atoms with Gasteiger partial charge in [0.05, 0.1) is 17.3 Å². The van der Waals surface area contributed by atoms with E-state index in [0.717, 1.165) is 77.1 Å². The number of hydrogen-bond donors (Lipinski definition) is 3. The van der Waals surface area contributed by atoms with Gasteiger partial charge in [-0.3, -0.25) is 14.5 Å². The van der Waals surface area contributed by atoms with E-state index in [4.69, 9.17) is 14.5 Å². The molecule has 0 atom stereocenters. The van der Waals surface area contributed by atoms with E-state index in [1.807, 2.05) is 43.8 Å². The second-order valence-corrected chi connectivity index (χ2v) is 16.6. The normalized spacial score (nSPS) is 15.2. The third-order valence-electron chi connectivity index (χ3n) is 11.1. The molecule has 2 saturated heterocycles. The number of aromatic nitrogens is 3. The van der Waals surface area contributed by atoms with Gasteiger partial charge in [0.15, 0.2) is 5.65 Å². The highest BCUT2D eigenvalue weighted by Gasteiger charge is 2.26. The standard InChI is InChI=1S/C47H58N8O5/c1-6-41-39(42(51-38-18-24-59-25-19-38)40-30-50-55(7-2)43(40)52-41)29-49-45(57)35-16-14-34(15-17-35)44(56)48-28-32-10-8-12-36(26-32)37-13-9-11-33(27-37)31-53-20-22-54(23-21-53)46(58)60-47(3,4)5/h8-17,26-27,30,38H,6-7,18-25,28-29,31H2,1-5H3,(H,48,56)(H,49,57)(H,51,52). The first kappa shape index (κ1) is 42.3. The van der Waals surface area contributed by atoms with Gasteiger partial charge in [0.25, 0.3) is 11.8 Å². The molecule has 13 nitrogen and oxygen atoms in total. The molecule has 0 spiro atoms. The minimum absolute atomic E-state index is 0.218. The molecule has 3 aromatic carbocycles. The number of carbonyl (C=O) groups is 3. The van der Waals surface area contributed by atoms with Crippen LogP contribution in [-0.2, 0) is 42.1 Å². The predicted octanol–water partition coefficient (Wildman–Crippen LogP) is 7.18. The maximum Gasteiger partial charge on any atom is 0.410 e. The van der Waals surface area contributed by atoms with Gasteiger partial charge in [-0.15, -0.1) is 0 Å². The number of benzene rings is 3. The Labute approximate surface area is 352 Å². The van der Waals surface area contributed by atoms with Crippen molar-refractivity contribution in [2.45, 2.75) is 91.7 Å². The number of ether oxygens (including phenoxy) is 2. The summed E-state index contributed by atoms with van der Waals surface area (Å²) < 4.78 is 13.1. The number of pyridine rings is 1. The van der Waals surface area contributed by atoms with Gasteiger partial charge in [-0.2, -0.15) is 5.10 Å². The first-order valence-corrected chi connectivity index (χ1v) is 21.2. The Morgan fingerprint density at radius 3 is 2.05 bits per heavy atom. The lowest BCUT2D eigenvalue weighted by Gasteiger charge is -2.35. The van der Waals surface area contributed by atoms with E-state index in [9.17, 15) is 14.4 Å². The summed E-state index contributed by atoms with van der Waals surface area (Å²) in [5.74, 6) is -0.448. The molecule has 2 aromatic heterocycles. The van der Waals surface area contributed by atoms with Crippen LogP contribution < -0.4 is 16.0 Å². The van der Waals surface area contributed by atoms with Gasteiger partial charge in [0.1, 0.15) is 5.60 Å². The van der Waals surface area contributed by atoms with Crippen molar-refractivity contribution in [2.75, 3.05) is 44.7 Å². The van der Waals surface area contributed by atoms with Crippen LogP contribution in [0.3, 0.4) is 0 Å². The van der Waals surface area contributed by atoms with Crippen LogP contribution in [0.1, 0.15) is 90.6 Å². The zero-order valence-corrected chi connectivity index (χ0v) is 35.6. The van der Waals surface area contributed by atoms with Crippen molar-refractivity contribution in [1.82, 2.24) is 35.2 Å². The van der Waals surface area contributed by atoms with Gasteiger partial charge in [-0.1, -0.05) is 43.3 Å². The Morgan fingerprint density at radius 1 is 0.817 bits per heavy atom. The molecule has 3 amide bonds. The van der Waals surface area contributed by atoms with Crippen molar-refractivity contribution < 1.29 is 23.9 Å². The lowest BCUT2D eigenvalue weighted by atomic mass is 10.0. The largest absolute Gasteiger partial charge is 0.444 e. The van der Waals surface area contributed by atoms with E-state index < -0.39 is 5.60 Å². The van der Waals surface area contributed by atoms with Crippen molar-refractivity contribution in [1.29, 1.82) is 0 Å². The monoisotopic (exact) mass is 814 g/mol. The van der Waals surface area contributed by atoms with E-state index in [1.54, 1.807) is 29.2 Å². The lowest BCUT2D eigenvalue weighted by molar-refractivity contribution is 0.0139. The third kappa shape index (κ3) is 10.5. The van der Waals surface area contributed by atoms with Gasteiger partial charge < -0.3 is 30.3 Å². The van der Waals surface area contributed by atoms with Crippen LogP contribution in [0.5, 0.6) is 0 Å². The van der Waals surface area contributed by atoms with Crippen LogP contribution >= 0.6 is 0 Å². The topological polar surface area (TPSA) is 143 Å². The van der Waals surface area contributed by atoms with Crippen molar-refractivity contribution in [3.63, 3.8) is 0 Å². The van der Waals surface area contributed by atoms with Gasteiger partial charge in [0, 0.05) is 94.0 Å². The summed E-state index contributed by atoms with van der Waals surface area (Å²) in [5, 5.41) is 15.4. The number of nitrogens with one attached hydrogen (secondary N) is 3. The number of piperazine rings is 1. The molecule has 0 aliphatic carbocycles. The zero-order chi connectivity index (χ0) is 42.2. The summed E-state index contributed by atoms with van der Waals surface area (Å²) in [7, 11) is 0. The summed E-state index contributed by atoms with van der Waals surface area (Å²) in [6, 6.07) is 23.7. The van der Waals surface area contributed by atoms with Crippen LogP contribution in [0, 0.1) is 0 Å². The number of fused-ring (bicyclic) bond motifs is 1. The Hall–Kier alpha value is -5.79. The van der Waals surface area contributed by atoms with Crippen LogP contribution in [0.25, 0.3) is 22.2 Å². The molecule has 0 bridgehead atoms. The van der Waals surface area contributed by atoms with E-state index in [0.29, 0.717) is 63.5 Å². The summed E-state index contributed by atoms with van der Waals surface area (Å²) in [5.41, 5.74) is 8.47. The zero-order valence-electron chi connectivity index (χ0n) is 35.6. The molecule has 2 aliphatic rings. The molecule has 2 fully saturated rings. The number of aryl methyl sites for hydroxylation is 2. The van der Waals surface area contributed by atoms with Crippen molar-refractivity contribution in [3.05, 3.63) is 113 Å². The molecule has 0 saturated carbocycles. The lowest BCUT2D eigenvalue weighted by Crippen LogP contribution is -2.49. The Kier molecular flexibility index (Phi) is 13.5. The highest BCUT2D eigenvalue weighted by molar-refractivity contribution is 5.98. The molecule has 0 radical (unpaired) electrons. The Morgan fingerprint density at radius 2 is 1.43 bits per heavy atom. The summed E-state index contributed by atoms with van der Waals surface area (Å²) in [6.07, 6.45) is 4.12. The van der Waals surface area contributed by atoms with Gasteiger partial charge in [0.2, 0.25) is 0 Å². The molecular formula is C47H58N8O5. The molecule has 4 heterocycles. The van der Waals surface area contributed by atoms with Crippen molar-refractivity contribution >= 4 is 34.6 Å². The van der Waals surface area contributed by atoms with Crippen LogP contribution in [0.2, 0.25) is 0 Å². The Balaban J connectivity index is 0.935. The summed E-state index contributed by atoms with van der Waals surface area (Å²) in [6.45, 7) is 16.2. The maximum absolute atomic E-state index is 13.5. The molecule has 7 rings (SSSR count). The van der Waals surface area contributed by atoms with Gasteiger partial charge in [-0.25, -0.2) is 14.5 Å². The minimum atomic E-state index is -0.504. The molecule has 13 heteroatoms. The fraction of sp³-hybridized carbons (Fsp3) is 0.426. The quantitative estimate of drug-likeness (QED) is 0.113. The number of nitrogens with zero attached hydrogens (tertiary/aromatic N) is 5. The van der Waals surface area contributed by atoms with Crippen LogP contribution in [0.15, 0.2) is 79.0 Å². The predicted molar refractivity (Wildman–Crippen MR) is 234 cm³/mol. The third-order valence-corrected chi connectivity index (χ3v) is 11.1. The average Bonchev–Trinajstić information content (AvgIpc) is 3.68. The summed E-state index contributed by atoms with van der Waals surface area (Å²) >= 11 is 0. The fourth-order valence-electron chi connectivity index (χ4n) is 7.81.